The topological polar surface area (TPSA) is 43.8 Å². The van der Waals surface area contributed by atoms with Gasteiger partial charge in [-0.1, -0.05) is 11.6 Å². The summed E-state index contributed by atoms with van der Waals surface area (Å²) in [6, 6.07) is 3.60. The predicted molar refractivity (Wildman–Crippen MR) is 54.9 cm³/mol. The fourth-order valence-electron chi connectivity index (χ4n) is 1.60. The number of rotatable bonds is 0. The van der Waals surface area contributed by atoms with E-state index in [-0.39, 0.29) is 0 Å². The van der Waals surface area contributed by atoms with Crippen molar-refractivity contribution < 1.29 is 0 Å². The number of halogens is 1. The molecule has 1 heterocycles. The number of nitrogen functional groups attached to an aromatic ring is 1. The normalized spacial score (nSPS) is 11.0. The molecule has 0 aliphatic carbocycles. The van der Waals surface area contributed by atoms with Crippen molar-refractivity contribution in [2.45, 2.75) is 6.92 Å². The molecule has 0 aliphatic heterocycles. The number of aryl methyl sites for hydroxylation is 2. The van der Waals surface area contributed by atoms with Gasteiger partial charge in [-0.2, -0.15) is 5.10 Å². The van der Waals surface area contributed by atoms with Crippen LogP contribution in [-0.2, 0) is 7.05 Å². The minimum absolute atomic E-state index is 0.704. The van der Waals surface area contributed by atoms with Crippen molar-refractivity contribution in [2.24, 2.45) is 7.05 Å². The van der Waals surface area contributed by atoms with Gasteiger partial charge in [-0.05, 0) is 19.1 Å². The molecule has 0 spiro atoms. The first-order valence-electron chi connectivity index (χ1n) is 3.98. The number of nitrogens with two attached hydrogens (primary N) is 1. The highest BCUT2D eigenvalue weighted by Gasteiger charge is 2.10. The minimum atomic E-state index is 0.704. The summed E-state index contributed by atoms with van der Waals surface area (Å²) in [7, 11) is 1.86. The van der Waals surface area contributed by atoms with Gasteiger partial charge in [0.2, 0.25) is 0 Å². The molecular formula is C9H10ClN3. The van der Waals surface area contributed by atoms with Gasteiger partial charge in [-0.3, -0.25) is 4.68 Å². The van der Waals surface area contributed by atoms with Crippen molar-refractivity contribution in [3.05, 3.63) is 22.8 Å². The molecule has 13 heavy (non-hydrogen) atoms. The van der Waals surface area contributed by atoms with E-state index in [4.69, 9.17) is 17.3 Å². The Balaban J connectivity index is 3.03. The minimum Gasteiger partial charge on any atom is -0.397 e. The molecule has 1 aromatic carbocycles. The van der Waals surface area contributed by atoms with Crippen LogP contribution in [0.15, 0.2) is 12.1 Å². The van der Waals surface area contributed by atoms with Crippen LogP contribution in [0.3, 0.4) is 0 Å². The van der Waals surface area contributed by atoms with Crippen LogP contribution in [0.1, 0.15) is 5.69 Å². The van der Waals surface area contributed by atoms with E-state index in [1.807, 2.05) is 14.0 Å². The molecule has 0 aliphatic rings. The van der Waals surface area contributed by atoms with Crippen LogP contribution in [-0.4, -0.2) is 9.78 Å². The Hall–Kier alpha value is -1.22. The summed E-state index contributed by atoms with van der Waals surface area (Å²) >= 11 is 6.04. The van der Waals surface area contributed by atoms with Gasteiger partial charge in [-0.25, -0.2) is 0 Å². The van der Waals surface area contributed by atoms with E-state index < -0.39 is 0 Å². The standard InChI is InChI=1S/C9H10ClN3/c1-5-8-6(10)3-4-7(11)9(8)13(2)12-5/h3-4H,11H2,1-2H3. The van der Waals surface area contributed by atoms with Gasteiger partial charge in [0.05, 0.1) is 21.9 Å². The van der Waals surface area contributed by atoms with Gasteiger partial charge in [0, 0.05) is 12.4 Å². The number of fused-ring (bicyclic) bond motifs is 1. The molecule has 0 saturated heterocycles. The van der Waals surface area contributed by atoms with E-state index in [0.717, 1.165) is 16.6 Å². The Kier molecular flexibility index (Phi) is 1.70. The molecule has 3 nitrogen and oxygen atoms in total. The molecule has 0 fully saturated rings. The molecule has 2 aromatic rings. The quantitative estimate of drug-likeness (QED) is 0.655. The maximum atomic E-state index is 6.04. The van der Waals surface area contributed by atoms with Crippen LogP contribution >= 0.6 is 11.6 Å². The third-order valence-electron chi connectivity index (χ3n) is 2.14. The largest absolute Gasteiger partial charge is 0.397 e. The first kappa shape index (κ1) is 8.38. The second-order valence-electron chi connectivity index (χ2n) is 3.07. The average Bonchev–Trinajstić information content (AvgIpc) is 2.36. The predicted octanol–water partition coefficient (Wildman–Crippen LogP) is 2.12. The third kappa shape index (κ3) is 1.08. The summed E-state index contributed by atoms with van der Waals surface area (Å²) in [5.74, 6) is 0. The SMILES string of the molecule is Cc1nn(C)c2c(N)ccc(Cl)c12. The zero-order valence-corrected chi connectivity index (χ0v) is 8.26. The van der Waals surface area contributed by atoms with Crippen LogP contribution in [0.4, 0.5) is 5.69 Å². The highest BCUT2D eigenvalue weighted by atomic mass is 35.5. The summed E-state index contributed by atoms with van der Waals surface area (Å²) in [6.07, 6.45) is 0. The monoisotopic (exact) mass is 195 g/mol. The van der Waals surface area contributed by atoms with Gasteiger partial charge >= 0.3 is 0 Å². The van der Waals surface area contributed by atoms with Crippen LogP contribution in [0, 0.1) is 6.92 Å². The first-order chi connectivity index (χ1) is 6.11. The molecule has 2 rings (SSSR count). The van der Waals surface area contributed by atoms with Crippen LogP contribution in [0.25, 0.3) is 10.9 Å². The average molecular weight is 196 g/mol. The van der Waals surface area contributed by atoms with E-state index in [9.17, 15) is 0 Å². The highest BCUT2D eigenvalue weighted by Crippen LogP contribution is 2.29. The molecule has 0 bridgehead atoms. The third-order valence-corrected chi connectivity index (χ3v) is 2.46. The summed E-state index contributed by atoms with van der Waals surface area (Å²) in [4.78, 5) is 0. The number of hydrogen-bond donors (Lipinski definition) is 1. The van der Waals surface area contributed by atoms with E-state index in [2.05, 4.69) is 5.10 Å². The molecule has 2 N–H and O–H groups in total. The molecule has 1 aromatic heterocycles. The van der Waals surface area contributed by atoms with E-state index in [0.29, 0.717) is 10.7 Å². The van der Waals surface area contributed by atoms with E-state index >= 15 is 0 Å². The molecule has 0 unspecified atom stereocenters. The van der Waals surface area contributed by atoms with Crippen LogP contribution in [0.5, 0.6) is 0 Å². The summed E-state index contributed by atoms with van der Waals surface area (Å²) in [5.41, 5.74) is 8.35. The second-order valence-corrected chi connectivity index (χ2v) is 3.48. The van der Waals surface area contributed by atoms with Crippen molar-refractivity contribution >= 4 is 28.2 Å². The van der Waals surface area contributed by atoms with Gasteiger partial charge in [0.15, 0.2) is 0 Å². The number of nitrogens with zero attached hydrogens (tertiary/aromatic N) is 2. The fourth-order valence-corrected chi connectivity index (χ4v) is 1.89. The molecule has 0 saturated carbocycles. The highest BCUT2D eigenvalue weighted by molar-refractivity contribution is 6.36. The zero-order valence-electron chi connectivity index (χ0n) is 7.50. The van der Waals surface area contributed by atoms with Gasteiger partial charge in [-0.15, -0.1) is 0 Å². The number of anilines is 1. The van der Waals surface area contributed by atoms with Crippen molar-refractivity contribution in [3.63, 3.8) is 0 Å². The Bertz CT molecular complexity index is 431. The summed E-state index contributed by atoms with van der Waals surface area (Å²) in [5, 5.41) is 5.92. The molecule has 0 atom stereocenters. The van der Waals surface area contributed by atoms with Crippen LogP contribution < -0.4 is 5.73 Å². The lowest BCUT2D eigenvalue weighted by Crippen LogP contribution is -1.94. The second kappa shape index (κ2) is 2.64. The van der Waals surface area contributed by atoms with Gasteiger partial charge < -0.3 is 5.73 Å². The van der Waals surface area contributed by atoms with Crippen molar-refractivity contribution in [1.82, 2.24) is 9.78 Å². The lowest BCUT2D eigenvalue weighted by atomic mass is 10.2. The molecule has 0 amide bonds. The molecular weight excluding hydrogens is 186 g/mol. The molecule has 68 valence electrons. The maximum absolute atomic E-state index is 6.04. The lowest BCUT2D eigenvalue weighted by molar-refractivity contribution is 0.784. The van der Waals surface area contributed by atoms with Crippen molar-refractivity contribution in [1.29, 1.82) is 0 Å². The number of hydrogen-bond acceptors (Lipinski definition) is 2. The Labute approximate surface area is 81.1 Å². The zero-order chi connectivity index (χ0) is 9.59. The van der Waals surface area contributed by atoms with Gasteiger partial charge in [0.1, 0.15) is 0 Å². The maximum Gasteiger partial charge on any atom is 0.0926 e. The number of aromatic nitrogens is 2. The summed E-state index contributed by atoms with van der Waals surface area (Å²) in [6.45, 7) is 1.92. The van der Waals surface area contributed by atoms with Gasteiger partial charge in [0.25, 0.3) is 0 Å². The van der Waals surface area contributed by atoms with Crippen molar-refractivity contribution in [2.75, 3.05) is 5.73 Å². The fraction of sp³-hybridized carbons (Fsp3) is 0.222. The summed E-state index contributed by atoms with van der Waals surface area (Å²) < 4.78 is 1.76. The number of benzene rings is 1. The molecule has 0 radical (unpaired) electrons. The van der Waals surface area contributed by atoms with E-state index in [1.165, 1.54) is 0 Å². The smallest absolute Gasteiger partial charge is 0.0926 e. The molecule has 4 heteroatoms. The Morgan fingerprint density at radius 2 is 2.15 bits per heavy atom. The lowest BCUT2D eigenvalue weighted by Gasteiger charge is -2.00. The van der Waals surface area contributed by atoms with Crippen molar-refractivity contribution in [3.8, 4) is 0 Å². The Morgan fingerprint density at radius 3 is 2.77 bits per heavy atom. The first-order valence-corrected chi connectivity index (χ1v) is 4.36. The Morgan fingerprint density at radius 1 is 1.46 bits per heavy atom. The van der Waals surface area contributed by atoms with E-state index in [1.54, 1.807) is 16.8 Å². The van der Waals surface area contributed by atoms with Crippen LogP contribution in [0.2, 0.25) is 5.02 Å².